The van der Waals surface area contributed by atoms with Crippen molar-refractivity contribution in [1.82, 2.24) is 14.1 Å². The van der Waals surface area contributed by atoms with Crippen LogP contribution in [0.5, 0.6) is 11.5 Å². The fraction of sp³-hybridized carbons (Fsp3) is 0.167. The zero-order valence-electron chi connectivity index (χ0n) is 18.4. The number of rotatable bonds is 5. The Bertz CT molecular complexity index is 1590. The first kappa shape index (κ1) is 23.1. The number of carbonyl (C=O) groups excluding carboxylic acids is 1. The first-order chi connectivity index (χ1) is 17.2. The first-order valence-electron chi connectivity index (χ1n) is 10.6. The molecule has 0 unspecified atom stereocenters. The summed E-state index contributed by atoms with van der Waals surface area (Å²) >= 11 is 0. The van der Waals surface area contributed by atoms with E-state index in [1.165, 1.54) is 18.3 Å². The number of ether oxygens (including phenoxy) is 2. The third-order valence-electron chi connectivity index (χ3n) is 5.56. The molecular formula is C24H17F3N4O5. The third-order valence-corrected chi connectivity index (χ3v) is 5.56. The highest BCUT2D eigenvalue weighted by Gasteiger charge is 2.30. The highest BCUT2D eigenvalue weighted by atomic mass is 19.4. The number of fused-ring (bicyclic) bond motifs is 2. The van der Waals surface area contributed by atoms with Crippen molar-refractivity contribution >= 4 is 22.6 Å². The Balaban J connectivity index is 1.47. The number of carbonyl (C=O) groups is 1. The van der Waals surface area contributed by atoms with Gasteiger partial charge in [-0.15, -0.1) is 0 Å². The lowest BCUT2D eigenvalue weighted by atomic mass is 10.2. The number of hydrogen-bond donors (Lipinski definition) is 1. The number of nitrogens with one attached hydrogen (secondary N) is 1. The Morgan fingerprint density at radius 2 is 1.75 bits per heavy atom. The number of pyridine rings is 1. The van der Waals surface area contributed by atoms with E-state index in [1.807, 2.05) is 0 Å². The Morgan fingerprint density at radius 1 is 1.00 bits per heavy atom. The number of hydrogen-bond acceptors (Lipinski definition) is 6. The largest absolute Gasteiger partial charge is 0.454 e. The van der Waals surface area contributed by atoms with Gasteiger partial charge in [0.05, 0.1) is 17.6 Å². The van der Waals surface area contributed by atoms with Crippen LogP contribution in [-0.2, 0) is 24.1 Å². The zero-order valence-corrected chi connectivity index (χ0v) is 18.4. The quantitative estimate of drug-likeness (QED) is 0.454. The molecule has 9 nitrogen and oxygen atoms in total. The molecule has 5 rings (SSSR count). The maximum absolute atomic E-state index is 13.3. The molecule has 4 aromatic rings. The van der Waals surface area contributed by atoms with Gasteiger partial charge in [0.15, 0.2) is 17.0 Å². The van der Waals surface area contributed by atoms with Crippen molar-refractivity contribution < 1.29 is 27.4 Å². The lowest BCUT2D eigenvalue weighted by molar-refractivity contribution is -0.137. The van der Waals surface area contributed by atoms with Crippen molar-refractivity contribution in [3.63, 3.8) is 0 Å². The molecule has 0 saturated heterocycles. The van der Waals surface area contributed by atoms with E-state index in [2.05, 4.69) is 10.3 Å². The van der Waals surface area contributed by atoms with Gasteiger partial charge in [-0.1, -0.05) is 6.07 Å². The number of amides is 1. The Morgan fingerprint density at radius 3 is 2.50 bits per heavy atom. The summed E-state index contributed by atoms with van der Waals surface area (Å²) in [5.41, 5.74) is -1.39. The van der Waals surface area contributed by atoms with E-state index in [9.17, 15) is 27.6 Å². The number of halogens is 3. The molecule has 0 bridgehead atoms. The van der Waals surface area contributed by atoms with E-state index in [1.54, 1.807) is 18.2 Å². The van der Waals surface area contributed by atoms with E-state index in [4.69, 9.17) is 9.47 Å². The smallest absolute Gasteiger partial charge is 0.416 e. The molecule has 3 heterocycles. The molecule has 0 atom stereocenters. The predicted molar refractivity (Wildman–Crippen MR) is 122 cm³/mol. The second-order valence-electron chi connectivity index (χ2n) is 7.94. The van der Waals surface area contributed by atoms with E-state index < -0.39 is 35.4 Å². The molecule has 1 aliphatic heterocycles. The van der Waals surface area contributed by atoms with Gasteiger partial charge in [-0.2, -0.15) is 13.2 Å². The molecule has 2 aromatic carbocycles. The maximum atomic E-state index is 13.3. The third kappa shape index (κ3) is 4.40. The molecule has 0 aliphatic carbocycles. The second kappa shape index (κ2) is 8.87. The summed E-state index contributed by atoms with van der Waals surface area (Å²) in [5.74, 6) is 0.356. The van der Waals surface area contributed by atoms with Crippen molar-refractivity contribution in [3.8, 4) is 11.5 Å². The summed E-state index contributed by atoms with van der Waals surface area (Å²) < 4.78 is 51.0. The molecule has 0 fully saturated rings. The SMILES string of the molecule is O=C(Cn1c(=O)n(Cc2ccc3c(c2)OCO3)c(=O)c2ncccc21)Nc1ccc(C(F)(F)F)cc1. The van der Waals surface area contributed by atoms with Crippen LogP contribution in [0.25, 0.3) is 11.0 Å². The topological polar surface area (TPSA) is 104 Å². The van der Waals surface area contributed by atoms with Gasteiger partial charge in [0.1, 0.15) is 6.54 Å². The minimum absolute atomic E-state index is 0.0137. The lowest BCUT2D eigenvalue weighted by Gasteiger charge is -2.14. The van der Waals surface area contributed by atoms with E-state index >= 15 is 0 Å². The van der Waals surface area contributed by atoms with Crippen LogP contribution in [0.15, 0.2) is 70.4 Å². The van der Waals surface area contributed by atoms with Crippen LogP contribution >= 0.6 is 0 Å². The van der Waals surface area contributed by atoms with Gasteiger partial charge in [0.25, 0.3) is 5.56 Å². The van der Waals surface area contributed by atoms with Crippen LogP contribution in [0.1, 0.15) is 11.1 Å². The first-order valence-corrected chi connectivity index (χ1v) is 10.6. The fourth-order valence-electron chi connectivity index (χ4n) is 3.84. The van der Waals surface area contributed by atoms with Crippen molar-refractivity contribution in [2.24, 2.45) is 0 Å². The lowest BCUT2D eigenvalue weighted by Crippen LogP contribution is -2.42. The second-order valence-corrected chi connectivity index (χ2v) is 7.94. The van der Waals surface area contributed by atoms with Crippen LogP contribution in [0.4, 0.5) is 18.9 Å². The van der Waals surface area contributed by atoms with E-state index in [0.717, 1.165) is 33.4 Å². The van der Waals surface area contributed by atoms with Gasteiger partial charge >= 0.3 is 11.9 Å². The van der Waals surface area contributed by atoms with Gasteiger partial charge in [0.2, 0.25) is 12.7 Å². The summed E-state index contributed by atoms with van der Waals surface area (Å²) in [7, 11) is 0. The van der Waals surface area contributed by atoms with Crippen LogP contribution < -0.4 is 26.0 Å². The molecule has 0 spiro atoms. The number of anilines is 1. The Kier molecular flexibility index (Phi) is 5.71. The molecule has 0 saturated carbocycles. The van der Waals surface area contributed by atoms with E-state index in [-0.39, 0.29) is 30.1 Å². The Labute approximate surface area is 200 Å². The van der Waals surface area contributed by atoms with Gasteiger partial charge in [-0.3, -0.25) is 18.7 Å². The highest BCUT2D eigenvalue weighted by molar-refractivity contribution is 5.91. The van der Waals surface area contributed by atoms with Crippen LogP contribution in [0.3, 0.4) is 0 Å². The zero-order chi connectivity index (χ0) is 25.4. The predicted octanol–water partition coefficient (Wildman–Crippen LogP) is 2.99. The molecule has 1 aliphatic rings. The Hall–Kier alpha value is -4.61. The summed E-state index contributed by atoms with van der Waals surface area (Å²) in [6.07, 6.45) is -3.11. The van der Waals surface area contributed by atoms with Gasteiger partial charge in [-0.05, 0) is 54.1 Å². The summed E-state index contributed by atoms with van der Waals surface area (Å²) in [6, 6.07) is 11.9. The molecule has 1 amide bonds. The van der Waals surface area contributed by atoms with Gasteiger partial charge in [0, 0.05) is 11.9 Å². The highest BCUT2D eigenvalue weighted by Crippen LogP contribution is 2.32. The van der Waals surface area contributed by atoms with Crippen LogP contribution in [0, 0.1) is 0 Å². The number of nitrogens with zero attached hydrogens (tertiary/aromatic N) is 3. The summed E-state index contributed by atoms with van der Waals surface area (Å²) in [5, 5.41) is 2.47. The van der Waals surface area contributed by atoms with Crippen molar-refractivity contribution in [2.45, 2.75) is 19.3 Å². The standard InChI is InChI=1S/C24H17F3N4O5/c25-24(26,27)15-4-6-16(7-5-15)29-20(32)12-30-17-2-1-9-28-21(17)22(33)31(23(30)34)11-14-3-8-18-19(10-14)36-13-35-18/h1-10H,11-13H2,(H,29,32). The molecule has 12 heteroatoms. The molecule has 2 aromatic heterocycles. The minimum atomic E-state index is -4.51. The van der Waals surface area contributed by atoms with Crippen LogP contribution in [-0.4, -0.2) is 26.8 Å². The maximum Gasteiger partial charge on any atom is 0.416 e. The van der Waals surface area contributed by atoms with E-state index in [0.29, 0.717) is 17.1 Å². The number of benzene rings is 2. The average molecular weight is 498 g/mol. The fourth-order valence-corrected chi connectivity index (χ4v) is 3.84. The average Bonchev–Trinajstić information content (AvgIpc) is 3.32. The number of aromatic nitrogens is 3. The molecule has 184 valence electrons. The van der Waals surface area contributed by atoms with Crippen molar-refractivity contribution in [2.75, 3.05) is 12.1 Å². The molecule has 36 heavy (non-hydrogen) atoms. The molecular weight excluding hydrogens is 481 g/mol. The minimum Gasteiger partial charge on any atom is -0.454 e. The number of alkyl halides is 3. The van der Waals surface area contributed by atoms with Crippen LogP contribution in [0.2, 0.25) is 0 Å². The summed E-state index contributed by atoms with van der Waals surface area (Å²) in [4.78, 5) is 43.2. The van der Waals surface area contributed by atoms with Crippen molar-refractivity contribution in [1.29, 1.82) is 0 Å². The summed E-state index contributed by atoms with van der Waals surface area (Å²) in [6.45, 7) is -0.537. The van der Waals surface area contributed by atoms with Crippen molar-refractivity contribution in [3.05, 3.63) is 92.8 Å². The molecule has 0 radical (unpaired) electrons. The normalized spacial score (nSPS) is 12.6. The van der Waals surface area contributed by atoms with Gasteiger partial charge < -0.3 is 14.8 Å². The molecule has 1 N–H and O–H groups in total. The monoisotopic (exact) mass is 498 g/mol. The van der Waals surface area contributed by atoms with Gasteiger partial charge in [-0.25, -0.2) is 9.78 Å².